The summed E-state index contributed by atoms with van der Waals surface area (Å²) < 4.78 is 61.4. The van der Waals surface area contributed by atoms with Gasteiger partial charge in [-0.25, -0.2) is 9.97 Å². The number of fused-ring (bicyclic) bond motifs is 1. The van der Waals surface area contributed by atoms with E-state index in [0.29, 0.717) is 29.7 Å². The molecule has 0 radical (unpaired) electrons. The van der Waals surface area contributed by atoms with Gasteiger partial charge in [0.25, 0.3) is 0 Å². The molecular weight excluding hydrogens is 528 g/mol. The van der Waals surface area contributed by atoms with Crippen molar-refractivity contribution in [3.8, 4) is 5.88 Å². The zero-order valence-corrected chi connectivity index (χ0v) is 21.4. The molecule has 0 spiro atoms. The Morgan fingerprint density at radius 3 is 2.58 bits per heavy atom. The summed E-state index contributed by atoms with van der Waals surface area (Å²) in [6, 6.07) is 12.8. The third-order valence-corrected chi connectivity index (χ3v) is 5.80. The number of allylic oxidation sites excluding steroid dienone is 1. The minimum absolute atomic E-state index is 0.0340. The van der Waals surface area contributed by atoms with Crippen molar-refractivity contribution in [2.24, 2.45) is 0 Å². The predicted octanol–water partition coefficient (Wildman–Crippen LogP) is 4.67. The molecule has 0 aliphatic rings. The number of nitrogens with zero attached hydrogens (tertiary/aromatic N) is 3. The number of hydrogen-bond acceptors (Lipinski definition) is 6. The Balaban J connectivity index is 1.64. The monoisotopic (exact) mass is 554 g/mol. The van der Waals surface area contributed by atoms with Crippen LogP contribution in [0.25, 0.3) is 22.0 Å². The number of likely N-dealkylation sites (N-methyl/N-ethyl adjacent to an activating group) is 1. The summed E-state index contributed by atoms with van der Waals surface area (Å²) in [4.78, 5) is 19.8. The normalized spacial score (nSPS) is 12.5. The number of hydrogen-bond donors (Lipinski definition) is 3. The number of benzene rings is 2. The molecule has 40 heavy (non-hydrogen) atoms. The van der Waals surface area contributed by atoms with E-state index in [4.69, 9.17) is 4.74 Å². The highest BCUT2D eigenvalue weighted by atomic mass is 19.4. The van der Waals surface area contributed by atoms with E-state index in [9.17, 15) is 22.4 Å². The number of amides is 1. The number of rotatable bonds is 11. The zero-order chi connectivity index (χ0) is 28.5. The minimum Gasteiger partial charge on any atom is -0.475 e. The highest BCUT2D eigenvalue weighted by molar-refractivity contribution is 5.99. The molecule has 8 nitrogen and oxygen atoms in total. The molecule has 0 fully saturated rings. The Hall–Kier alpha value is -4.58. The van der Waals surface area contributed by atoms with Gasteiger partial charge in [0, 0.05) is 31.8 Å². The van der Waals surface area contributed by atoms with Crippen molar-refractivity contribution in [1.29, 1.82) is 0 Å². The molecule has 2 aromatic carbocycles. The summed E-state index contributed by atoms with van der Waals surface area (Å²) in [5.74, 6) is -0.789. The van der Waals surface area contributed by atoms with E-state index < -0.39 is 18.5 Å². The van der Waals surface area contributed by atoms with Crippen molar-refractivity contribution in [2.45, 2.75) is 12.6 Å². The molecule has 3 N–H and O–H groups in total. The maximum atomic E-state index is 14.3. The predicted molar refractivity (Wildman–Crippen MR) is 143 cm³/mol. The molecule has 0 saturated heterocycles. The van der Waals surface area contributed by atoms with Gasteiger partial charge in [-0.2, -0.15) is 17.6 Å². The van der Waals surface area contributed by atoms with Crippen LogP contribution >= 0.6 is 0 Å². The number of halogens is 4. The highest BCUT2D eigenvalue weighted by Crippen LogP contribution is 2.39. The van der Waals surface area contributed by atoms with Crippen LogP contribution in [0.15, 0.2) is 73.1 Å². The molecule has 2 heterocycles. The maximum absolute atomic E-state index is 14.3. The Kier molecular flexibility index (Phi) is 9.23. The number of alkyl halides is 3. The van der Waals surface area contributed by atoms with Gasteiger partial charge in [0.05, 0.1) is 35.4 Å². The minimum atomic E-state index is -4.53. The Morgan fingerprint density at radius 1 is 1.07 bits per heavy atom. The Labute approximate surface area is 227 Å². The number of carbonyl (C=O) groups is 1. The lowest BCUT2D eigenvalue weighted by Gasteiger charge is -2.18. The first kappa shape index (κ1) is 28.4. The van der Waals surface area contributed by atoms with Crippen molar-refractivity contribution in [3.05, 3.63) is 95.8 Å². The average molecular weight is 555 g/mol. The Morgan fingerprint density at radius 2 is 1.88 bits per heavy atom. The van der Waals surface area contributed by atoms with Gasteiger partial charge < -0.3 is 15.4 Å². The molecule has 4 aromatic rings. The largest absolute Gasteiger partial charge is 0.475 e. The molecule has 0 bridgehead atoms. The molecule has 0 atom stereocenters. The van der Waals surface area contributed by atoms with Crippen LogP contribution in [-0.2, 0) is 4.79 Å². The number of aromatic nitrogens is 4. The van der Waals surface area contributed by atoms with Gasteiger partial charge in [0.2, 0.25) is 17.7 Å². The van der Waals surface area contributed by atoms with Crippen LogP contribution in [0.2, 0.25) is 0 Å². The standard InChI is InChI=1S/C28H26F4N6O2/c1-33-24(39)8-5-11-34-12-13-40-25-17-35-23(16-36-25)26(19-9-10-22-20(14-19)27(29)38-37-22)21(15-28(30,31)32)18-6-3-2-4-7-18/h2-10,14,16-17,34H,11-13,15H2,1H3,(H,33,39)(H,37,38)/b8-5?,26-21-. The summed E-state index contributed by atoms with van der Waals surface area (Å²) >= 11 is 0. The van der Waals surface area contributed by atoms with Crippen LogP contribution < -0.4 is 15.4 Å². The van der Waals surface area contributed by atoms with Gasteiger partial charge >= 0.3 is 6.18 Å². The van der Waals surface area contributed by atoms with E-state index in [1.165, 1.54) is 31.6 Å². The van der Waals surface area contributed by atoms with Crippen molar-refractivity contribution in [1.82, 2.24) is 30.8 Å². The van der Waals surface area contributed by atoms with E-state index in [0.717, 1.165) is 0 Å². The first-order valence-corrected chi connectivity index (χ1v) is 12.3. The molecule has 208 valence electrons. The van der Waals surface area contributed by atoms with E-state index in [-0.39, 0.29) is 40.6 Å². The quantitative estimate of drug-likeness (QED) is 0.108. The summed E-state index contributed by atoms with van der Waals surface area (Å²) in [5.41, 5.74) is 1.37. The number of aromatic amines is 1. The van der Waals surface area contributed by atoms with Gasteiger partial charge in [-0.1, -0.05) is 42.5 Å². The highest BCUT2D eigenvalue weighted by Gasteiger charge is 2.32. The lowest BCUT2D eigenvalue weighted by molar-refractivity contribution is -0.123. The number of carbonyl (C=O) groups excluding carboxylic acids is 1. The maximum Gasteiger partial charge on any atom is 0.393 e. The van der Waals surface area contributed by atoms with Crippen LogP contribution in [-0.4, -0.2) is 59.0 Å². The van der Waals surface area contributed by atoms with Gasteiger partial charge in [0.15, 0.2) is 0 Å². The zero-order valence-electron chi connectivity index (χ0n) is 21.4. The molecule has 12 heteroatoms. The van der Waals surface area contributed by atoms with Crippen molar-refractivity contribution in [2.75, 3.05) is 26.7 Å². The fourth-order valence-corrected chi connectivity index (χ4v) is 3.97. The van der Waals surface area contributed by atoms with Crippen LogP contribution in [0.4, 0.5) is 17.6 Å². The van der Waals surface area contributed by atoms with Crippen molar-refractivity contribution < 1.29 is 27.1 Å². The molecule has 4 rings (SSSR count). The molecule has 0 aliphatic heterocycles. The first-order valence-electron chi connectivity index (χ1n) is 12.3. The summed E-state index contributed by atoms with van der Waals surface area (Å²) in [5, 5.41) is 11.8. The second-order valence-corrected chi connectivity index (χ2v) is 8.60. The van der Waals surface area contributed by atoms with Crippen LogP contribution in [0.3, 0.4) is 0 Å². The van der Waals surface area contributed by atoms with Crippen LogP contribution in [0.5, 0.6) is 5.88 Å². The van der Waals surface area contributed by atoms with Crippen molar-refractivity contribution >= 4 is 28.0 Å². The van der Waals surface area contributed by atoms with Crippen molar-refractivity contribution in [3.63, 3.8) is 0 Å². The van der Waals surface area contributed by atoms with Gasteiger partial charge in [0.1, 0.15) is 6.61 Å². The number of nitrogens with one attached hydrogen (secondary N) is 3. The van der Waals surface area contributed by atoms with Gasteiger partial charge in [-0.15, -0.1) is 5.10 Å². The van der Waals surface area contributed by atoms with Crippen LogP contribution in [0, 0.1) is 5.95 Å². The lowest BCUT2D eigenvalue weighted by atomic mass is 9.90. The third-order valence-electron chi connectivity index (χ3n) is 5.80. The summed E-state index contributed by atoms with van der Waals surface area (Å²) in [6.07, 6.45) is -0.0320. The molecule has 0 aliphatic carbocycles. The smallest absolute Gasteiger partial charge is 0.393 e. The second-order valence-electron chi connectivity index (χ2n) is 8.60. The second kappa shape index (κ2) is 13.0. The topological polar surface area (TPSA) is 105 Å². The SMILES string of the molecule is CNC(=O)C=CCNCCOc1cnc(/C(=C(/CC(F)(F)F)c2ccccc2)c2ccc3[nH]nc(F)c3c2)cn1. The first-order chi connectivity index (χ1) is 19.2. The molecule has 1 amide bonds. The lowest BCUT2D eigenvalue weighted by Crippen LogP contribution is -2.22. The molecule has 0 unspecified atom stereocenters. The summed E-state index contributed by atoms with van der Waals surface area (Å²) in [6.45, 7) is 1.15. The van der Waals surface area contributed by atoms with E-state index in [1.54, 1.807) is 48.5 Å². The number of H-pyrrole nitrogens is 1. The van der Waals surface area contributed by atoms with E-state index >= 15 is 0 Å². The molecule has 0 saturated carbocycles. The molecular formula is C28H26F4N6O2. The number of ether oxygens (including phenoxy) is 1. The van der Waals surface area contributed by atoms with E-state index in [1.807, 2.05) is 0 Å². The Bertz CT molecular complexity index is 1500. The van der Waals surface area contributed by atoms with Crippen LogP contribution in [0.1, 0.15) is 23.2 Å². The fourth-order valence-electron chi connectivity index (χ4n) is 3.97. The van der Waals surface area contributed by atoms with E-state index in [2.05, 4.69) is 30.8 Å². The summed E-state index contributed by atoms with van der Waals surface area (Å²) in [7, 11) is 1.54. The molecule has 2 aromatic heterocycles. The van der Waals surface area contributed by atoms with Gasteiger partial charge in [-0.3, -0.25) is 9.89 Å². The average Bonchev–Trinajstić information content (AvgIpc) is 3.32. The van der Waals surface area contributed by atoms with Gasteiger partial charge in [-0.05, 0) is 28.8 Å². The third kappa shape index (κ3) is 7.50. The fraction of sp³-hybridized carbons (Fsp3) is 0.214.